The highest BCUT2D eigenvalue weighted by atomic mass is 15.3. The first kappa shape index (κ1) is 12.1. The zero-order valence-electron chi connectivity index (χ0n) is 11.4. The normalized spacial score (nSPS) is 14.4. The molecule has 1 saturated carbocycles. The molecule has 4 heteroatoms. The van der Waals surface area contributed by atoms with Crippen molar-refractivity contribution in [2.75, 3.05) is 4.90 Å². The van der Waals surface area contributed by atoms with Gasteiger partial charge in [0.2, 0.25) is 5.95 Å². The molecule has 1 fully saturated rings. The average molecular weight is 254 g/mol. The lowest BCUT2D eigenvalue weighted by Crippen LogP contribution is -2.27. The van der Waals surface area contributed by atoms with E-state index in [9.17, 15) is 0 Å². The van der Waals surface area contributed by atoms with E-state index in [1.807, 2.05) is 32.2 Å². The van der Waals surface area contributed by atoms with Crippen molar-refractivity contribution >= 4 is 5.95 Å². The maximum absolute atomic E-state index is 4.59. The second-order valence-electron chi connectivity index (χ2n) is 5.17. The second kappa shape index (κ2) is 4.96. The fourth-order valence-corrected chi connectivity index (χ4v) is 2.27. The molecule has 0 saturated heterocycles. The highest BCUT2D eigenvalue weighted by molar-refractivity contribution is 5.37. The van der Waals surface area contributed by atoms with Gasteiger partial charge in [-0.15, -0.1) is 0 Å². The van der Waals surface area contributed by atoms with Gasteiger partial charge in [-0.3, -0.25) is 4.98 Å². The number of nitrogens with zero attached hydrogens (tertiary/aromatic N) is 4. The molecule has 0 aromatic carbocycles. The number of pyridine rings is 1. The second-order valence-corrected chi connectivity index (χ2v) is 5.17. The molecule has 0 amide bonds. The molecule has 0 bridgehead atoms. The van der Waals surface area contributed by atoms with Gasteiger partial charge in [-0.25, -0.2) is 9.97 Å². The van der Waals surface area contributed by atoms with Crippen LogP contribution in [-0.2, 0) is 6.54 Å². The summed E-state index contributed by atoms with van der Waals surface area (Å²) in [7, 11) is 0. The Morgan fingerprint density at radius 1 is 1.21 bits per heavy atom. The van der Waals surface area contributed by atoms with Crippen LogP contribution in [-0.4, -0.2) is 21.0 Å². The summed E-state index contributed by atoms with van der Waals surface area (Å²) in [6, 6.07) is 6.67. The first-order chi connectivity index (χ1) is 9.22. The van der Waals surface area contributed by atoms with Crippen molar-refractivity contribution in [2.24, 2.45) is 0 Å². The predicted octanol–water partition coefficient (Wildman–Crippen LogP) is 2.66. The van der Waals surface area contributed by atoms with Crippen molar-refractivity contribution in [3.63, 3.8) is 0 Å². The Kier molecular flexibility index (Phi) is 3.15. The molecule has 0 N–H and O–H groups in total. The van der Waals surface area contributed by atoms with Crippen LogP contribution >= 0.6 is 0 Å². The van der Waals surface area contributed by atoms with Crippen molar-refractivity contribution in [3.05, 3.63) is 47.5 Å². The van der Waals surface area contributed by atoms with E-state index in [0.717, 1.165) is 23.9 Å². The van der Waals surface area contributed by atoms with Crippen molar-refractivity contribution in [2.45, 2.75) is 39.3 Å². The number of aryl methyl sites for hydroxylation is 2. The third-order valence-electron chi connectivity index (χ3n) is 3.29. The van der Waals surface area contributed by atoms with Gasteiger partial charge < -0.3 is 4.90 Å². The van der Waals surface area contributed by atoms with Gasteiger partial charge in [0, 0.05) is 36.4 Å². The number of aromatic nitrogens is 3. The Morgan fingerprint density at radius 2 is 1.95 bits per heavy atom. The molecule has 19 heavy (non-hydrogen) atoms. The summed E-state index contributed by atoms with van der Waals surface area (Å²) < 4.78 is 0. The van der Waals surface area contributed by atoms with Gasteiger partial charge in [0.15, 0.2) is 0 Å². The number of rotatable bonds is 4. The van der Waals surface area contributed by atoms with Gasteiger partial charge in [-0.2, -0.15) is 0 Å². The standard InChI is InChI=1S/C15H18N4/c1-11-8-12(2)18-15(17-11)19(14-5-6-14)10-13-4-3-7-16-9-13/h3-4,7-9,14H,5-6,10H2,1-2H3. The zero-order valence-corrected chi connectivity index (χ0v) is 11.4. The summed E-state index contributed by atoms with van der Waals surface area (Å²) in [5.74, 6) is 0.851. The summed E-state index contributed by atoms with van der Waals surface area (Å²) in [5, 5.41) is 0. The van der Waals surface area contributed by atoms with Gasteiger partial charge in [0.1, 0.15) is 0 Å². The first-order valence-electron chi connectivity index (χ1n) is 6.70. The molecule has 0 spiro atoms. The molecule has 2 aromatic heterocycles. The average Bonchev–Trinajstić information content (AvgIpc) is 3.20. The van der Waals surface area contributed by atoms with E-state index in [1.54, 1.807) is 6.20 Å². The third-order valence-corrected chi connectivity index (χ3v) is 3.29. The molecule has 2 heterocycles. The highest BCUT2D eigenvalue weighted by Crippen LogP contribution is 2.31. The molecule has 4 nitrogen and oxygen atoms in total. The van der Waals surface area contributed by atoms with Gasteiger partial charge in [-0.1, -0.05) is 6.07 Å². The van der Waals surface area contributed by atoms with E-state index in [4.69, 9.17) is 0 Å². The molecule has 98 valence electrons. The fourth-order valence-electron chi connectivity index (χ4n) is 2.27. The highest BCUT2D eigenvalue weighted by Gasteiger charge is 2.31. The van der Waals surface area contributed by atoms with E-state index in [2.05, 4.69) is 25.9 Å². The van der Waals surface area contributed by atoms with Crippen molar-refractivity contribution < 1.29 is 0 Å². The lowest BCUT2D eigenvalue weighted by molar-refractivity contribution is 0.749. The quantitative estimate of drug-likeness (QED) is 0.841. The van der Waals surface area contributed by atoms with Gasteiger partial charge in [0.25, 0.3) is 0 Å². The maximum Gasteiger partial charge on any atom is 0.226 e. The minimum Gasteiger partial charge on any atom is -0.333 e. The molecule has 3 rings (SSSR count). The van der Waals surface area contributed by atoms with Crippen LogP contribution in [0, 0.1) is 13.8 Å². The molecule has 1 aliphatic rings. The summed E-state index contributed by atoms with van der Waals surface area (Å²) in [6.07, 6.45) is 6.18. The fraction of sp³-hybridized carbons (Fsp3) is 0.400. The molecule has 2 aromatic rings. The van der Waals surface area contributed by atoms with Gasteiger partial charge in [-0.05, 0) is 44.4 Å². The molecule has 0 aliphatic heterocycles. The van der Waals surface area contributed by atoms with Crippen LogP contribution in [0.2, 0.25) is 0 Å². The Bertz CT molecular complexity index is 543. The SMILES string of the molecule is Cc1cc(C)nc(N(Cc2cccnc2)C2CC2)n1. The van der Waals surface area contributed by atoms with Crippen LogP contribution in [0.3, 0.4) is 0 Å². The number of hydrogen-bond acceptors (Lipinski definition) is 4. The molecule has 0 radical (unpaired) electrons. The monoisotopic (exact) mass is 254 g/mol. The summed E-state index contributed by atoms with van der Waals surface area (Å²) in [6.45, 7) is 4.88. The van der Waals surface area contributed by atoms with E-state index >= 15 is 0 Å². The van der Waals surface area contributed by atoms with Crippen molar-refractivity contribution in [1.29, 1.82) is 0 Å². The smallest absolute Gasteiger partial charge is 0.226 e. The maximum atomic E-state index is 4.59. The Morgan fingerprint density at radius 3 is 2.53 bits per heavy atom. The predicted molar refractivity (Wildman–Crippen MR) is 74.9 cm³/mol. The summed E-state index contributed by atoms with van der Waals surface area (Å²) in [4.78, 5) is 15.7. The van der Waals surface area contributed by atoms with Crippen molar-refractivity contribution in [3.8, 4) is 0 Å². The lowest BCUT2D eigenvalue weighted by Gasteiger charge is -2.22. The third kappa shape index (κ3) is 2.89. The van der Waals surface area contributed by atoms with Crippen LogP contribution in [0.25, 0.3) is 0 Å². The molecular weight excluding hydrogens is 236 g/mol. The molecule has 1 aliphatic carbocycles. The Labute approximate surface area is 113 Å². The van der Waals surface area contributed by atoms with Crippen LogP contribution < -0.4 is 4.90 Å². The van der Waals surface area contributed by atoms with Crippen LogP contribution in [0.1, 0.15) is 29.8 Å². The molecule has 0 atom stereocenters. The van der Waals surface area contributed by atoms with Gasteiger partial charge >= 0.3 is 0 Å². The van der Waals surface area contributed by atoms with E-state index in [0.29, 0.717) is 6.04 Å². The van der Waals surface area contributed by atoms with Gasteiger partial charge in [0.05, 0.1) is 0 Å². The minimum atomic E-state index is 0.585. The van der Waals surface area contributed by atoms with Crippen LogP contribution in [0.4, 0.5) is 5.95 Å². The summed E-state index contributed by atoms with van der Waals surface area (Å²) >= 11 is 0. The molecule has 0 unspecified atom stereocenters. The van der Waals surface area contributed by atoms with Crippen LogP contribution in [0.15, 0.2) is 30.6 Å². The number of anilines is 1. The van der Waals surface area contributed by atoms with Crippen molar-refractivity contribution in [1.82, 2.24) is 15.0 Å². The Hall–Kier alpha value is -1.97. The van der Waals surface area contributed by atoms with E-state index in [1.165, 1.54) is 18.4 Å². The topological polar surface area (TPSA) is 41.9 Å². The number of hydrogen-bond donors (Lipinski definition) is 0. The van der Waals surface area contributed by atoms with E-state index in [-0.39, 0.29) is 0 Å². The van der Waals surface area contributed by atoms with E-state index < -0.39 is 0 Å². The largest absolute Gasteiger partial charge is 0.333 e. The first-order valence-corrected chi connectivity index (χ1v) is 6.70. The molecular formula is C15H18N4. The van der Waals surface area contributed by atoms with Crippen LogP contribution in [0.5, 0.6) is 0 Å². The summed E-state index contributed by atoms with van der Waals surface area (Å²) in [5.41, 5.74) is 3.26. The minimum absolute atomic E-state index is 0.585. The lowest BCUT2D eigenvalue weighted by atomic mass is 10.2. The zero-order chi connectivity index (χ0) is 13.2. The Balaban J connectivity index is 1.88.